The van der Waals surface area contributed by atoms with Crippen molar-refractivity contribution in [3.05, 3.63) is 76.9 Å². The Morgan fingerprint density at radius 2 is 1.30 bits per heavy atom. The summed E-state index contributed by atoms with van der Waals surface area (Å²) in [5.41, 5.74) is 5.70. The molecule has 2 aromatic carbocycles. The van der Waals surface area contributed by atoms with E-state index < -0.39 is 16.1 Å². The molecule has 2 atom stereocenters. The molecule has 0 heterocycles. The van der Waals surface area contributed by atoms with Crippen LogP contribution >= 0.6 is 0 Å². The van der Waals surface area contributed by atoms with Crippen LogP contribution < -0.4 is 52.8 Å². The number of hydrogen-bond donors (Lipinski definition) is 0. The molecule has 0 aliphatic heterocycles. The van der Waals surface area contributed by atoms with Crippen LogP contribution in [0.2, 0.25) is 30.7 Å². The second-order valence-electron chi connectivity index (χ2n) is 10.1. The van der Waals surface area contributed by atoms with Crippen LogP contribution in [0.15, 0.2) is 65.3 Å². The largest absolute Gasteiger partial charge is 4.00 e. The molecule has 2 unspecified atom stereocenters. The zero-order valence-corrected chi connectivity index (χ0v) is 27.3. The molecule has 1 aliphatic rings. The molecule has 0 saturated heterocycles. The first-order chi connectivity index (χ1) is 13.5. The fourth-order valence-electron chi connectivity index (χ4n) is 5.34. The molecule has 178 valence electrons. The van der Waals surface area contributed by atoms with E-state index in [-0.39, 0.29) is 64.0 Å². The van der Waals surface area contributed by atoms with E-state index in [0.717, 1.165) is 0 Å². The van der Waals surface area contributed by atoms with Crippen LogP contribution in [-0.2, 0) is 21.7 Å². The van der Waals surface area contributed by atoms with Gasteiger partial charge in [0.2, 0.25) is 0 Å². The summed E-state index contributed by atoms with van der Waals surface area (Å²) in [6.07, 6.45) is 4.01. The summed E-state index contributed by atoms with van der Waals surface area (Å²) in [4.78, 5) is 0. The number of halogens is 3. The van der Waals surface area contributed by atoms with Crippen molar-refractivity contribution in [3.63, 3.8) is 0 Å². The van der Waals surface area contributed by atoms with Gasteiger partial charge in [-0.05, 0) is 6.92 Å². The zero-order valence-electron chi connectivity index (χ0n) is 21.5. The van der Waals surface area contributed by atoms with Crippen LogP contribution in [0.5, 0.6) is 0 Å². The van der Waals surface area contributed by atoms with Crippen molar-refractivity contribution in [1.82, 2.24) is 0 Å². The number of aryl methyl sites for hydroxylation is 1. The van der Waals surface area contributed by atoms with Gasteiger partial charge in [-0.15, -0.1) is 6.92 Å². The van der Waals surface area contributed by atoms with Crippen molar-refractivity contribution in [1.29, 1.82) is 0 Å². The van der Waals surface area contributed by atoms with Crippen LogP contribution in [-0.4, -0.2) is 16.1 Å². The summed E-state index contributed by atoms with van der Waals surface area (Å²) in [5, 5.41) is 4.67. The molecule has 0 radical (unpaired) electrons. The maximum Gasteiger partial charge on any atom is 4.00 e. The van der Waals surface area contributed by atoms with Gasteiger partial charge in [-0.1, -0.05) is 128 Å². The quantitative estimate of drug-likeness (QED) is 0.265. The third-order valence-electron chi connectivity index (χ3n) is 7.40. The summed E-state index contributed by atoms with van der Waals surface area (Å²) in [5.74, 6) is 0. The number of hydrogen-bond acceptors (Lipinski definition) is 0. The van der Waals surface area contributed by atoms with Gasteiger partial charge in [-0.2, -0.15) is 11.1 Å². The minimum Gasteiger partial charge on any atom is -1.00 e. The monoisotopic (exact) mass is 570 g/mol. The normalized spacial score (nSPS) is 19.2. The van der Waals surface area contributed by atoms with E-state index in [1.165, 1.54) is 33.5 Å². The molecule has 0 bridgehead atoms. The van der Waals surface area contributed by atoms with E-state index in [9.17, 15) is 0 Å². The van der Waals surface area contributed by atoms with E-state index >= 15 is 0 Å². The Labute approximate surface area is 238 Å². The predicted molar refractivity (Wildman–Crippen MR) is 135 cm³/mol. The van der Waals surface area contributed by atoms with Gasteiger partial charge in [0, 0.05) is 0 Å². The Morgan fingerprint density at radius 1 is 0.788 bits per heavy atom. The minimum absolute atomic E-state index is 0. The summed E-state index contributed by atoms with van der Waals surface area (Å²) in [6, 6.07) is 20.1. The van der Waals surface area contributed by atoms with E-state index in [2.05, 4.69) is 116 Å². The molecule has 0 N–H and O–H groups in total. The number of allylic oxidation sites excluding steroid dienone is 4. The number of rotatable bonds is 5. The average Bonchev–Trinajstić information content (AvgIpc) is 2.86. The van der Waals surface area contributed by atoms with E-state index in [4.69, 9.17) is 0 Å². The van der Waals surface area contributed by atoms with Gasteiger partial charge in [-0.25, -0.2) is 5.57 Å². The van der Waals surface area contributed by atoms with E-state index in [0.29, 0.717) is 0 Å². The van der Waals surface area contributed by atoms with Gasteiger partial charge in [0.15, 0.2) is 0 Å². The van der Waals surface area contributed by atoms with Crippen LogP contribution in [0.25, 0.3) is 0 Å². The molecule has 3 rings (SSSR count). The Kier molecular flexibility index (Phi) is 13.6. The van der Waals surface area contributed by atoms with Gasteiger partial charge < -0.3 is 37.2 Å². The summed E-state index contributed by atoms with van der Waals surface area (Å²) in [7, 11) is -3.58. The molecular weight excluding hydrogens is 535 g/mol. The number of benzene rings is 2. The maximum absolute atomic E-state index is 4.01. The first kappa shape index (κ1) is 35.1. The molecule has 0 nitrogen and oxygen atoms in total. The summed E-state index contributed by atoms with van der Waals surface area (Å²) < 4.78 is 0. The fraction of sp³-hybridized carbons (Fsp3) is 0.407. The van der Waals surface area contributed by atoms with Crippen LogP contribution in [0.1, 0.15) is 40.2 Å². The molecule has 0 fully saturated rings. The van der Waals surface area contributed by atoms with Crippen molar-refractivity contribution in [2.45, 2.75) is 72.3 Å². The molecule has 0 saturated carbocycles. The van der Waals surface area contributed by atoms with Gasteiger partial charge in [-0.3, -0.25) is 6.08 Å². The van der Waals surface area contributed by atoms with Crippen molar-refractivity contribution in [3.8, 4) is 0 Å². The first-order valence-electron chi connectivity index (χ1n) is 11.0. The average molecular weight is 572 g/mol. The third kappa shape index (κ3) is 6.02. The summed E-state index contributed by atoms with van der Waals surface area (Å²) >= 11 is 0. The Morgan fingerprint density at radius 3 is 1.73 bits per heavy atom. The van der Waals surface area contributed by atoms with Gasteiger partial charge in [0.05, 0.1) is 8.07 Å². The Hall–Kier alpha value is -0.0619. The van der Waals surface area contributed by atoms with Crippen molar-refractivity contribution >= 4 is 31.7 Å². The predicted octanol–water partition coefficient (Wildman–Crippen LogP) is -3.01. The molecule has 0 amide bonds. The van der Waals surface area contributed by atoms with Gasteiger partial charge in [0.25, 0.3) is 0 Å². The van der Waals surface area contributed by atoms with Crippen LogP contribution in [0, 0.1) is 13.0 Å². The maximum atomic E-state index is 4.01. The van der Waals surface area contributed by atoms with Crippen molar-refractivity contribution in [2.24, 2.45) is 0 Å². The molecular formula is C27H37Cl3Si2Ti. The smallest absolute Gasteiger partial charge is 1.00 e. The molecule has 0 spiro atoms. The van der Waals surface area contributed by atoms with E-state index in [1.54, 1.807) is 10.4 Å². The molecule has 6 heteroatoms. The minimum atomic E-state index is -2.17. The van der Waals surface area contributed by atoms with Crippen molar-refractivity contribution < 1.29 is 58.9 Å². The standard InChI is InChI=1S/C27H37Si2.3ClH.Ti/c1-10-29(24-14-12-11-13-15-24,27(6)19-21(3)22(4)23(27)5)26-17-20(2)16-25(18-26)28(7,8)9;;;;/h11-18H,10H2,1-9H3;3*1H;/q-1;;;;+4/p-3. The summed E-state index contributed by atoms with van der Waals surface area (Å²) in [6.45, 7) is 21.4. The van der Waals surface area contributed by atoms with Gasteiger partial charge >= 0.3 is 21.7 Å². The fourth-order valence-corrected chi connectivity index (χ4v) is 12.6. The zero-order chi connectivity index (χ0) is 21.6. The first-order valence-corrected chi connectivity index (χ1v) is 16.7. The van der Waals surface area contributed by atoms with Crippen LogP contribution in [0.4, 0.5) is 0 Å². The van der Waals surface area contributed by atoms with Gasteiger partial charge in [0.1, 0.15) is 8.07 Å². The third-order valence-corrected chi connectivity index (χ3v) is 15.3. The SMILES string of the molecule is CC[Si](c1ccccc1)(c1cc(C)cc([Si](C)(C)C)c1)C1(C)[C-]=C(C)C(C)=C1C.[Cl-].[Cl-].[Cl-].[Ti+4]. The topological polar surface area (TPSA) is 0 Å². The Balaban J connectivity index is 0. The molecule has 0 aromatic heterocycles. The molecule has 33 heavy (non-hydrogen) atoms. The molecule has 1 aliphatic carbocycles. The molecule has 2 aromatic rings. The van der Waals surface area contributed by atoms with E-state index in [1.807, 2.05) is 0 Å². The second-order valence-corrected chi connectivity index (χ2v) is 19.8. The van der Waals surface area contributed by atoms with Crippen molar-refractivity contribution in [2.75, 3.05) is 0 Å². The van der Waals surface area contributed by atoms with Crippen LogP contribution in [0.3, 0.4) is 0 Å². The Bertz CT molecular complexity index is 996. The second kappa shape index (κ2) is 12.8.